The van der Waals surface area contributed by atoms with E-state index >= 15 is 4.39 Å². The molecular formula is C31H36FN3O5S. The van der Waals surface area contributed by atoms with Crippen LogP contribution in [-0.4, -0.2) is 54.2 Å². The van der Waals surface area contributed by atoms with E-state index < -0.39 is 39.5 Å². The van der Waals surface area contributed by atoms with E-state index in [9.17, 15) is 23.3 Å². The molecule has 41 heavy (non-hydrogen) atoms. The number of Topliss-reactive ketones (excluding diaryl/α,β-unsaturated/α-hetero) is 1. The lowest BCUT2D eigenvalue weighted by Gasteiger charge is -2.50. The highest BCUT2D eigenvalue weighted by Crippen LogP contribution is 2.41. The zero-order chi connectivity index (χ0) is 29.7. The molecule has 0 aromatic heterocycles. The molecule has 3 aliphatic heterocycles. The smallest absolute Gasteiger partial charge is 0.411 e. The van der Waals surface area contributed by atoms with Crippen LogP contribution in [0.25, 0.3) is 11.1 Å². The van der Waals surface area contributed by atoms with Crippen LogP contribution < -0.4 is 0 Å². The fourth-order valence-corrected chi connectivity index (χ4v) is 7.80. The van der Waals surface area contributed by atoms with Crippen molar-refractivity contribution in [1.29, 1.82) is 5.26 Å². The summed E-state index contributed by atoms with van der Waals surface area (Å²) >= 11 is 0. The van der Waals surface area contributed by atoms with Gasteiger partial charge in [-0.25, -0.2) is 17.6 Å². The summed E-state index contributed by atoms with van der Waals surface area (Å²) in [6, 6.07) is 11.2. The van der Waals surface area contributed by atoms with Crippen LogP contribution in [0.15, 0.2) is 41.3 Å². The SMILES string of the molecule is CN1Cc2cc(-c3ccc(C[C@@H](C#N)CC(=O)C4C5CCC(CC5)N4C(=O)OC(C)(C)C)c(F)c3)ccc2S1(=O)=O. The Labute approximate surface area is 241 Å². The topological polar surface area (TPSA) is 108 Å². The molecule has 218 valence electrons. The summed E-state index contributed by atoms with van der Waals surface area (Å²) in [5.74, 6) is -1.37. The lowest BCUT2D eigenvalue weighted by molar-refractivity contribution is -0.133. The lowest BCUT2D eigenvalue weighted by Crippen LogP contribution is -2.61. The van der Waals surface area contributed by atoms with Crippen molar-refractivity contribution >= 4 is 21.9 Å². The minimum Gasteiger partial charge on any atom is -0.444 e. The molecule has 2 saturated heterocycles. The van der Waals surface area contributed by atoms with Gasteiger partial charge in [-0.3, -0.25) is 9.69 Å². The molecule has 1 saturated carbocycles. The second-order valence-electron chi connectivity index (χ2n) is 12.5. The van der Waals surface area contributed by atoms with E-state index in [1.165, 1.54) is 17.4 Å². The van der Waals surface area contributed by atoms with Crippen molar-refractivity contribution in [3.8, 4) is 17.2 Å². The van der Waals surface area contributed by atoms with Gasteiger partial charge in [0.25, 0.3) is 0 Å². The zero-order valence-electron chi connectivity index (χ0n) is 23.9. The van der Waals surface area contributed by atoms with Gasteiger partial charge in [-0.1, -0.05) is 18.2 Å². The molecule has 1 aliphatic carbocycles. The summed E-state index contributed by atoms with van der Waals surface area (Å²) in [6.07, 6.45) is 2.90. The van der Waals surface area contributed by atoms with Crippen molar-refractivity contribution in [2.45, 2.75) is 88.4 Å². The first-order valence-electron chi connectivity index (χ1n) is 14.1. The number of piperidine rings is 2. The molecule has 3 fully saturated rings. The van der Waals surface area contributed by atoms with E-state index in [2.05, 4.69) is 6.07 Å². The van der Waals surface area contributed by atoms with Crippen molar-refractivity contribution in [3.63, 3.8) is 0 Å². The number of ether oxygens (including phenoxy) is 1. The van der Waals surface area contributed by atoms with Crippen molar-refractivity contribution in [1.82, 2.24) is 9.21 Å². The third-order valence-electron chi connectivity index (χ3n) is 8.44. The summed E-state index contributed by atoms with van der Waals surface area (Å²) in [6.45, 7) is 5.65. The van der Waals surface area contributed by atoms with Crippen molar-refractivity contribution in [2.75, 3.05) is 7.05 Å². The van der Waals surface area contributed by atoms with Crippen LogP contribution in [0.1, 0.15) is 64.0 Å². The summed E-state index contributed by atoms with van der Waals surface area (Å²) in [4.78, 5) is 28.5. The number of ketones is 1. The Hall–Kier alpha value is -3.29. The Balaban J connectivity index is 1.30. The fraction of sp³-hybridized carbons (Fsp3) is 0.516. The maximum atomic E-state index is 15.3. The molecule has 2 aromatic rings. The minimum atomic E-state index is -3.48. The van der Waals surface area contributed by atoms with E-state index in [4.69, 9.17) is 4.74 Å². The third-order valence-corrected chi connectivity index (χ3v) is 10.3. The molecule has 1 amide bonds. The number of rotatable bonds is 6. The molecule has 8 nitrogen and oxygen atoms in total. The average molecular weight is 582 g/mol. The molecule has 1 unspecified atom stereocenters. The van der Waals surface area contributed by atoms with Gasteiger partial charge in [0.2, 0.25) is 10.0 Å². The number of sulfonamides is 1. The van der Waals surface area contributed by atoms with Gasteiger partial charge in [-0.05, 0) is 99.2 Å². The van der Waals surface area contributed by atoms with E-state index in [0.29, 0.717) is 22.3 Å². The number of nitrogens with zero attached hydrogens (tertiary/aromatic N) is 3. The highest BCUT2D eigenvalue weighted by Gasteiger charge is 2.48. The molecule has 6 rings (SSSR count). The largest absolute Gasteiger partial charge is 0.444 e. The number of carbonyl (C=O) groups excluding carboxylic acids is 2. The molecule has 2 bridgehead atoms. The number of fused-ring (bicyclic) bond motifs is 4. The Morgan fingerprint density at radius 3 is 2.39 bits per heavy atom. The molecule has 0 N–H and O–H groups in total. The predicted molar refractivity (Wildman–Crippen MR) is 151 cm³/mol. The summed E-state index contributed by atoms with van der Waals surface area (Å²) in [5, 5.41) is 9.89. The van der Waals surface area contributed by atoms with Gasteiger partial charge < -0.3 is 4.74 Å². The second kappa shape index (κ2) is 10.8. The Morgan fingerprint density at radius 1 is 1.10 bits per heavy atom. The van der Waals surface area contributed by atoms with Gasteiger partial charge in [0.15, 0.2) is 5.78 Å². The molecule has 4 aliphatic rings. The van der Waals surface area contributed by atoms with Crippen LogP contribution in [-0.2, 0) is 32.5 Å². The van der Waals surface area contributed by atoms with Gasteiger partial charge >= 0.3 is 6.09 Å². The van der Waals surface area contributed by atoms with E-state index in [1.54, 1.807) is 56.0 Å². The lowest BCUT2D eigenvalue weighted by atomic mass is 9.72. The quantitative estimate of drug-likeness (QED) is 0.449. The number of halogens is 1. The molecule has 2 atom stereocenters. The number of amides is 1. The highest BCUT2D eigenvalue weighted by atomic mass is 32.2. The van der Waals surface area contributed by atoms with Crippen molar-refractivity contribution in [3.05, 3.63) is 53.3 Å². The minimum absolute atomic E-state index is 0.0393. The summed E-state index contributed by atoms with van der Waals surface area (Å²) in [7, 11) is -1.96. The normalized spacial score (nSPS) is 24.0. The van der Waals surface area contributed by atoms with Gasteiger partial charge in [0.1, 0.15) is 11.4 Å². The first kappa shape index (κ1) is 29.2. The maximum Gasteiger partial charge on any atom is 0.411 e. The van der Waals surface area contributed by atoms with E-state index in [1.807, 2.05) is 0 Å². The molecule has 10 heteroatoms. The van der Waals surface area contributed by atoms with Crippen molar-refractivity contribution in [2.24, 2.45) is 11.8 Å². The monoisotopic (exact) mass is 581 g/mol. The standard InChI is InChI=1S/C31H36FN3O5S/c1-31(2,3)40-30(37)35-25-10-7-20(8-11-25)29(35)27(36)14-19(17-33)13-23-6-5-22(16-26(23)32)21-9-12-28-24(15-21)18-34(4)41(28,38)39/h5-6,9,12,15-16,19-20,25,29H,7-8,10-11,13-14,18H2,1-4H3/t19-,20?,25?,29?/m1/s1. The Morgan fingerprint density at radius 2 is 1.76 bits per heavy atom. The van der Waals surface area contributed by atoms with E-state index in [-0.39, 0.29) is 42.0 Å². The number of nitriles is 1. The van der Waals surface area contributed by atoms with Gasteiger partial charge in [0, 0.05) is 26.1 Å². The highest BCUT2D eigenvalue weighted by molar-refractivity contribution is 7.89. The number of benzene rings is 2. The number of carbonyl (C=O) groups is 2. The molecule has 2 aromatic carbocycles. The van der Waals surface area contributed by atoms with E-state index in [0.717, 1.165) is 25.7 Å². The first-order valence-corrected chi connectivity index (χ1v) is 15.5. The van der Waals surface area contributed by atoms with Crippen LogP contribution in [0.3, 0.4) is 0 Å². The maximum absolute atomic E-state index is 15.3. The summed E-state index contributed by atoms with van der Waals surface area (Å²) < 4.78 is 46.9. The van der Waals surface area contributed by atoms with Crippen LogP contribution in [0, 0.1) is 29.0 Å². The van der Waals surface area contributed by atoms with Gasteiger partial charge in [0.05, 0.1) is 22.9 Å². The Bertz CT molecular complexity index is 1520. The van der Waals surface area contributed by atoms with Crippen LogP contribution >= 0.6 is 0 Å². The first-order chi connectivity index (χ1) is 19.3. The van der Waals surface area contributed by atoms with Crippen LogP contribution in [0.2, 0.25) is 0 Å². The van der Waals surface area contributed by atoms with Crippen LogP contribution in [0.4, 0.5) is 9.18 Å². The summed E-state index contributed by atoms with van der Waals surface area (Å²) in [5.41, 5.74) is 1.59. The molecule has 0 radical (unpaired) electrons. The van der Waals surface area contributed by atoms with Gasteiger partial charge in [-0.15, -0.1) is 0 Å². The second-order valence-corrected chi connectivity index (χ2v) is 14.5. The third kappa shape index (κ3) is 5.75. The average Bonchev–Trinajstić information content (AvgIpc) is 3.15. The zero-order valence-corrected chi connectivity index (χ0v) is 24.7. The van der Waals surface area contributed by atoms with Gasteiger partial charge in [-0.2, -0.15) is 9.57 Å². The molecular weight excluding hydrogens is 545 g/mol. The molecule has 3 heterocycles. The Kier molecular flexibility index (Phi) is 7.72. The fourth-order valence-electron chi connectivity index (χ4n) is 6.46. The van der Waals surface area contributed by atoms with Crippen LogP contribution in [0.5, 0.6) is 0 Å². The number of hydrogen-bond acceptors (Lipinski definition) is 6. The number of hydrogen-bond donors (Lipinski definition) is 0. The molecule has 0 spiro atoms. The predicted octanol–water partition coefficient (Wildman–Crippen LogP) is 5.45. The van der Waals surface area contributed by atoms with Crippen molar-refractivity contribution < 1.29 is 27.1 Å².